The van der Waals surface area contributed by atoms with Crippen LogP contribution in [0.2, 0.25) is 10.0 Å². The van der Waals surface area contributed by atoms with E-state index in [9.17, 15) is 9.90 Å². The molecule has 1 amide bonds. The number of thioether (sulfide) groups is 1. The maximum atomic E-state index is 12.3. The summed E-state index contributed by atoms with van der Waals surface area (Å²) in [6.45, 7) is 2.11. The second kappa shape index (κ2) is 6.87. The van der Waals surface area contributed by atoms with Crippen LogP contribution in [0.15, 0.2) is 17.0 Å². The third-order valence-corrected chi connectivity index (χ3v) is 6.28. The molecule has 7 heteroatoms. The van der Waals surface area contributed by atoms with Crippen LogP contribution in [0.1, 0.15) is 19.3 Å². The summed E-state index contributed by atoms with van der Waals surface area (Å²) in [6, 6.07) is 3.37. The minimum absolute atomic E-state index is 0.0808. The van der Waals surface area contributed by atoms with Crippen LogP contribution in [0.3, 0.4) is 0 Å². The Labute approximate surface area is 143 Å². The zero-order chi connectivity index (χ0) is 15.7. The van der Waals surface area contributed by atoms with Crippen molar-refractivity contribution in [3.05, 3.63) is 22.2 Å². The van der Waals surface area contributed by atoms with E-state index in [1.54, 1.807) is 6.07 Å². The average Bonchev–Trinajstić information content (AvgIpc) is 2.89. The summed E-state index contributed by atoms with van der Waals surface area (Å²) in [5.74, 6) is 0.276. The van der Waals surface area contributed by atoms with Crippen molar-refractivity contribution in [2.45, 2.75) is 35.4 Å². The molecule has 0 radical (unpaired) electrons. The smallest absolute Gasteiger partial charge is 0.224 e. The Bertz CT molecular complexity index is 578. The lowest BCUT2D eigenvalue weighted by Crippen LogP contribution is -2.40. The molecule has 0 bridgehead atoms. The van der Waals surface area contributed by atoms with Crippen LogP contribution in [-0.2, 0) is 9.53 Å². The Morgan fingerprint density at radius 3 is 2.73 bits per heavy atom. The van der Waals surface area contributed by atoms with Crippen LogP contribution in [0.4, 0.5) is 0 Å². The van der Waals surface area contributed by atoms with Crippen LogP contribution in [0.5, 0.6) is 5.75 Å². The highest BCUT2D eigenvalue weighted by atomic mass is 35.5. The van der Waals surface area contributed by atoms with Gasteiger partial charge in [0.1, 0.15) is 5.75 Å². The number of benzene rings is 1. The molecule has 4 nitrogen and oxygen atoms in total. The van der Waals surface area contributed by atoms with Crippen molar-refractivity contribution >= 4 is 40.9 Å². The quantitative estimate of drug-likeness (QED) is 0.893. The van der Waals surface area contributed by atoms with E-state index in [0.29, 0.717) is 41.1 Å². The molecule has 3 rings (SSSR count). The lowest BCUT2D eigenvalue weighted by atomic mass is 10.1. The minimum atomic E-state index is 0.0808. The Morgan fingerprint density at radius 1 is 1.27 bits per heavy atom. The standard InChI is InChI=1S/C15H17Cl2NO3S/c16-11-1-2-12(19)15(14(11)17)22-10-7-13(20)18(8-10)9-3-5-21-6-4-9/h1-2,9-10,19H,3-8H2/t10-/m1/s1. The third kappa shape index (κ3) is 3.32. The van der Waals surface area contributed by atoms with Crippen LogP contribution in [-0.4, -0.2) is 47.0 Å². The molecule has 0 aromatic heterocycles. The topological polar surface area (TPSA) is 49.8 Å². The van der Waals surface area contributed by atoms with Gasteiger partial charge in [0.15, 0.2) is 0 Å². The van der Waals surface area contributed by atoms with E-state index >= 15 is 0 Å². The largest absolute Gasteiger partial charge is 0.507 e. The molecule has 2 heterocycles. The summed E-state index contributed by atoms with van der Waals surface area (Å²) in [5, 5.41) is 10.8. The van der Waals surface area contributed by atoms with Gasteiger partial charge in [-0.25, -0.2) is 0 Å². The van der Waals surface area contributed by atoms with Gasteiger partial charge < -0.3 is 14.7 Å². The number of rotatable bonds is 3. The molecule has 0 unspecified atom stereocenters. The summed E-state index contributed by atoms with van der Waals surface area (Å²) in [6.07, 6.45) is 2.25. The van der Waals surface area contributed by atoms with E-state index in [1.807, 2.05) is 4.90 Å². The van der Waals surface area contributed by atoms with Gasteiger partial charge in [0.05, 0.1) is 14.9 Å². The highest BCUT2D eigenvalue weighted by Gasteiger charge is 2.36. The maximum Gasteiger partial charge on any atom is 0.224 e. The van der Waals surface area contributed by atoms with Gasteiger partial charge in [-0.3, -0.25) is 4.79 Å². The van der Waals surface area contributed by atoms with E-state index in [2.05, 4.69) is 0 Å². The number of ether oxygens (including phenoxy) is 1. The molecule has 1 N–H and O–H groups in total. The Balaban J connectivity index is 1.70. The van der Waals surface area contributed by atoms with Crippen molar-refractivity contribution in [3.63, 3.8) is 0 Å². The summed E-state index contributed by atoms with van der Waals surface area (Å²) in [4.78, 5) is 14.8. The van der Waals surface area contributed by atoms with Crippen LogP contribution in [0, 0.1) is 0 Å². The Morgan fingerprint density at radius 2 is 2.00 bits per heavy atom. The first kappa shape index (κ1) is 16.2. The monoisotopic (exact) mass is 361 g/mol. The molecular formula is C15H17Cl2NO3S. The molecule has 120 valence electrons. The zero-order valence-electron chi connectivity index (χ0n) is 11.9. The molecule has 0 spiro atoms. The molecule has 2 fully saturated rings. The van der Waals surface area contributed by atoms with E-state index in [-0.39, 0.29) is 22.9 Å². The van der Waals surface area contributed by atoms with Gasteiger partial charge in [0.2, 0.25) is 5.91 Å². The SMILES string of the molecule is O=C1C[C@@H](Sc2c(O)ccc(Cl)c2Cl)CN1C1CCOCC1. The van der Waals surface area contributed by atoms with E-state index in [0.717, 1.165) is 12.8 Å². The summed E-state index contributed by atoms with van der Waals surface area (Å²) < 4.78 is 5.35. The van der Waals surface area contributed by atoms with Gasteiger partial charge in [-0.2, -0.15) is 0 Å². The van der Waals surface area contributed by atoms with Crippen molar-refractivity contribution in [1.82, 2.24) is 4.90 Å². The number of carbonyl (C=O) groups excluding carboxylic acids is 1. The number of hydrogen-bond acceptors (Lipinski definition) is 4. The molecular weight excluding hydrogens is 345 g/mol. The predicted molar refractivity (Wildman–Crippen MR) is 87.9 cm³/mol. The molecule has 1 aromatic rings. The number of aromatic hydroxyl groups is 1. The van der Waals surface area contributed by atoms with E-state index < -0.39 is 0 Å². The highest BCUT2D eigenvalue weighted by molar-refractivity contribution is 8.00. The minimum Gasteiger partial charge on any atom is -0.507 e. The molecule has 0 aliphatic carbocycles. The van der Waals surface area contributed by atoms with Crippen molar-refractivity contribution in [2.24, 2.45) is 0 Å². The lowest BCUT2D eigenvalue weighted by Gasteiger charge is -2.31. The number of nitrogens with zero attached hydrogens (tertiary/aromatic N) is 1. The first-order chi connectivity index (χ1) is 10.6. The Kier molecular flexibility index (Phi) is 5.07. The third-order valence-electron chi connectivity index (χ3n) is 4.07. The first-order valence-electron chi connectivity index (χ1n) is 7.27. The van der Waals surface area contributed by atoms with Crippen LogP contribution >= 0.6 is 35.0 Å². The van der Waals surface area contributed by atoms with E-state index in [4.69, 9.17) is 27.9 Å². The summed E-state index contributed by atoms with van der Waals surface area (Å²) in [5.41, 5.74) is 0. The molecule has 1 aromatic carbocycles. The van der Waals surface area contributed by atoms with Gasteiger partial charge in [-0.15, -0.1) is 11.8 Å². The Hall–Kier alpha value is -0.620. The molecule has 2 aliphatic rings. The number of phenols is 1. The van der Waals surface area contributed by atoms with Crippen molar-refractivity contribution in [2.75, 3.05) is 19.8 Å². The number of phenolic OH excluding ortho intramolecular Hbond substituents is 1. The fourth-order valence-electron chi connectivity index (χ4n) is 2.93. The fourth-order valence-corrected chi connectivity index (χ4v) is 4.63. The number of halogens is 2. The molecule has 2 saturated heterocycles. The zero-order valence-corrected chi connectivity index (χ0v) is 14.3. The van der Waals surface area contributed by atoms with Crippen LogP contribution in [0.25, 0.3) is 0 Å². The second-order valence-corrected chi connectivity index (χ2v) is 7.64. The van der Waals surface area contributed by atoms with Crippen molar-refractivity contribution in [1.29, 1.82) is 0 Å². The first-order valence-corrected chi connectivity index (χ1v) is 8.90. The maximum absolute atomic E-state index is 12.3. The highest BCUT2D eigenvalue weighted by Crippen LogP contribution is 2.43. The normalized spacial score (nSPS) is 23.3. The summed E-state index contributed by atoms with van der Waals surface area (Å²) in [7, 11) is 0. The lowest BCUT2D eigenvalue weighted by molar-refractivity contribution is -0.131. The van der Waals surface area contributed by atoms with Gasteiger partial charge in [-0.1, -0.05) is 23.2 Å². The number of likely N-dealkylation sites (tertiary alicyclic amines) is 1. The number of hydrogen-bond donors (Lipinski definition) is 1. The molecule has 0 saturated carbocycles. The molecule has 2 aliphatic heterocycles. The summed E-state index contributed by atoms with van der Waals surface area (Å²) >= 11 is 13.6. The van der Waals surface area contributed by atoms with Crippen molar-refractivity contribution in [3.8, 4) is 5.75 Å². The van der Waals surface area contributed by atoms with Gasteiger partial charge in [0.25, 0.3) is 0 Å². The fraction of sp³-hybridized carbons (Fsp3) is 0.533. The average molecular weight is 362 g/mol. The molecule has 1 atom stereocenters. The van der Waals surface area contributed by atoms with E-state index in [1.165, 1.54) is 17.8 Å². The van der Waals surface area contributed by atoms with Gasteiger partial charge in [-0.05, 0) is 25.0 Å². The molecule has 22 heavy (non-hydrogen) atoms. The van der Waals surface area contributed by atoms with Crippen LogP contribution < -0.4 is 0 Å². The predicted octanol–water partition coefficient (Wildman–Crippen LogP) is 3.57. The second-order valence-electron chi connectivity index (χ2n) is 5.54. The number of amides is 1. The van der Waals surface area contributed by atoms with Crippen molar-refractivity contribution < 1.29 is 14.6 Å². The number of carbonyl (C=O) groups is 1. The van der Waals surface area contributed by atoms with Gasteiger partial charge in [0, 0.05) is 37.5 Å². The van der Waals surface area contributed by atoms with Gasteiger partial charge >= 0.3 is 0 Å².